The third-order valence-corrected chi connectivity index (χ3v) is 4.16. The number of carbonyl (C=O) groups excluding carboxylic acids is 1. The molecule has 0 bridgehead atoms. The molecule has 0 saturated heterocycles. The second-order valence-corrected chi connectivity index (χ2v) is 5.60. The van der Waals surface area contributed by atoms with Crippen molar-refractivity contribution in [2.24, 2.45) is 0 Å². The number of benzene rings is 1. The lowest BCUT2D eigenvalue weighted by atomic mass is 9.94. The summed E-state index contributed by atoms with van der Waals surface area (Å²) in [7, 11) is 0. The zero-order valence-electron chi connectivity index (χ0n) is 12.9. The average Bonchev–Trinajstić information content (AvgIpc) is 2.55. The lowest BCUT2D eigenvalue weighted by Crippen LogP contribution is -2.40. The van der Waals surface area contributed by atoms with E-state index in [-0.39, 0.29) is 11.6 Å². The van der Waals surface area contributed by atoms with Crippen LogP contribution in [0.4, 0.5) is 5.69 Å². The van der Waals surface area contributed by atoms with Gasteiger partial charge in [0.15, 0.2) is 0 Å². The highest BCUT2D eigenvalue weighted by Crippen LogP contribution is 2.23. The number of hydrogen-bond acceptors (Lipinski definition) is 3. The van der Waals surface area contributed by atoms with Crippen molar-refractivity contribution in [1.82, 2.24) is 4.90 Å². The van der Waals surface area contributed by atoms with Crippen LogP contribution in [0.25, 0.3) is 6.08 Å². The van der Waals surface area contributed by atoms with Crippen LogP contribution < -0.4 is 0 Å². The number of nitro benzene ring substituents is 1. The van der Waals surface area contributed by atoms with E-state index in [1.54, 1.807) is 24.3 Å². The van der Waals surface area contributed by atoms with Gasteiger partial charge >= 0.3 is 0 Å². The molecule has 1 saturated carbocycles. The van der Waals surface area contributed by atoms with E-state index in [4.69, 9.17) is 0 Å². The Morgan fingerprint density at radius 3 is 2.45 bits per heavy atom. The van der Waals surface area contributed by atoms with E-state index in [2.05, 4.69) is 0 Å². The largest absolute Gasteiger partial charge is 0.336 e. The third kappa shape index (κ3) is 4.16. The lowest BCUT2D eigenvalue weighted by Gasteiger charge is -2.32. The van der Waals surface area contributed by atoms with Crippen molar-refractivity contribution in [1.29, 1.82) is 0 Å². The van der Waals surface area contributed by atoms with E-state index < -0.39 is 4.92 Å². The predicted molar refractivity (Wildman–Crippen MR) is 86.4 cm³/mol. The van der Waals surface area contributed by atoms with E-state index in [0.29, 0.717) is 12.6 Å². The Morgan fingerprint density at radius 2 is 1.91 bits per heavy atom. The monoisotopic (exact) mass is 302 g/mol. The molecule has 1 aliphatic carbocycles. The Hall–Kier alpha value is -2.17. The minimum absolute atomic E-state index is 0.0211. The fourth-order valence-electron chi connectivity index (χ4n) is 2.96. The minimum atomic E-state index is -0.430. The SMILES string of the molecule is CCN(C(=O)/C=C/c1ccc([N+](=O)[O-])cc1)C1CCCCC1. The fourth-order valence-corrected chi connectivity index (χ4v) is 2.96. The molecule has 0 N–H and O–H groups in total. The summed E-state index contributed by atoms with van der Waals surface area (Å²) in [5, 5.41) is 10.6. The van der Waals surface area contributed by atoms with Gasteiger partial charge in [-0.3, -0.25) is 14.9 Å². The van der Waals surface area contributed by atoms with Crippen LogP contribution in [0.15, 0.2) is 30.3 Å². The lowest BCUT2D eigenvalue weighted by molar-refractivity contribution is -0.384. The summed E-state index contributed by atoms with van der Waals surface area (Å²) in [5.74, 6) is 0.0211. The first kappa shape index (κ1) is 16.2. The molecule has 118 valence electrons. The summed E-state index contributed by atoms with van der Waals surface area (Å²) >= 11 is 0. The van der Waals surface area contributed by atoms with E-state index in [1.165, 1.54) is 31.4 Å². The molecule has 5 heteroatoms. The maximum atomic E-state index is 12.4. The van der Waals surface area contributed by atoms with Crippen molar-refractivity contribution >= 4 is 17.7 Å². The molecule has 1 fully saturated rings. The van der Waals surface area contributed by atoms with Gasteiger partial charge in [0.2, 0.25) is 5.91 Å². The van der Waals surface area contributed by atoms with Crippen molar-refractivity contribution in [3.63, 3.8) is 0 Å². The van der Waals surface area contributed by atoms with Gasteiger partial charge in [-0.2, -0.15) is 0 Å². The summed E-state index contributed by atoms with van der Waals surface area (Å²) in [5.41, 5.74) is 0.847. The van der Waals surface area contributed by atoms with Crippen LogP contribution in [0.5, 0.6) is 0 Å². The van der Waals surface area contributed by atoms with Gasteiger partial charge in [0.05, 0.1) is 4.92 Å². The number of non-ortho nitro benzene ring substituents is 1. The second-order valence-electron chi connectivity index (χ2n) is 5.60. The van der Waals surface area contributed by atoms with Gasteiger partial charge in [-0.15, -0.1) is 0 Å². The molecule has 1 aromatic rings. The van der Waals surface area contributed by atoms with Crippen LogP contribution in [0.2, 0.25) is 0 Å². The normalized spacial score (nSPS) is 15.9. The highest BCUT2D eigenvalue weighted by molar-refractivity contribution is 5.92. The Kier molecular flexibility index (Phi) is 5.69. The Morgan fingerprint density at radius 1 is 1.27 bits per heavy atom. The summed E-state index contributed by atoms with van der Waals surface area (Å²) in [6, 6.07) is 6.55. The van der Waals surface area contributed by atoms with Crippen LogP contribution in [-0.2, 0) is 4.79 Å². The Labute approximate surface area is 130 Å². The van der Waals surface area contributed by atoms with E-state index in [9.17, 15) is 14.9 Å². The molecule has 22 heavy (non-hydrogen) atoms. The molecule has 1 aromatic carbocycles. The second kappa shape index (κ2) is 7.73. The van der Waals surface area contributed by atoms with Gasteiger partial charge < -0.3 is 4.90 Å². The Balaban J connectivity index is 2.00. The highest BCUT2D eigenvalue weighted by Gasteiger charge is 2.22. The first-order chi connectivity index (χ1) is 10.6. The average molecular weight is 302 g/mol. The van der Waals surface area contributed by atoms with Gasteiger partial charge in [0, 0.05) is 30.8 Å². The van der Waals surface area contributed by atoms with Gasteiger partial charge in [-0.25, -0.2) is 0 Å². The molecule has 0 unspecified atom stereocenters. The van der Waals surface area contributed by atoms with Crippen molar-refractivity contribution in [2.75, 3.05) is 6.54 Å². The summed E-state index contributed by atoms with van der Waals surface area (Å²) in [6.07, 6.45) is 9.12. The zero-order chi connectivity index (χ0) is 15.9. The number of nitro groups is 1. The van der Waals surface area contributed by atoms with Crippen LogP contribution in [-0.4, -0.2) is 28.3 Å². The van der Waals surface area contributed by atoms with E-state index in [0.717, 1.165) is 18.4 Å². The number of carbonyl (C=O) groups is 1. The van der Waals surface area contributed by atoms with Gasteiger partial charge in [-0.1, -0.05) is 19.3 Å². The highest BCUT2D eigenvalue weighted by atomic mass is 16.6. The van der Waals surface area contributed by atoms with Crippen molar-refractivity contribution in [3.05, 3.63) is 46.0 Å². The fraction of sp³-hybridized carbons (Fsp3) is 0.471. The van der Waals surface area contributed by atoms with Crippen LogP contribution in [0, 0.1) is 10.1 Å². The van der Waals surface area contributed by atoms with Crippen molar-refractivity contribution in [3.8, 4) is 0 Å². The molecule has 2 rings (SSSR count). The molecule has 0 heterocycles. The molecule has 0 radical (unpaired) electrons. The first-order valence-electron chi connectivity index (χ1n) is 7.85. The number of nitrogens with zero attached hydrogens (tertiary/aromatic N) is 2. The van der Waals surface area contributed by atoms with Crippen LogP contribution in [0.3, 0.4) is 0 Å². The smallest absolute Gasteiger partial charge is 0.269 e. The number of hydrogen-bond donors (Lipinski definition) is 0. The van der Waals surface area contributed by atoms with Crippen molar-refractivity contribution in [2.45, 2.75) is 45.1 Å². The maximum absolute atomic E-state index is 12.4. The molecular formula is C17H22N2O3. The first-order valence-corrected chi connectivity index (χ1v) is 7.85. The van der Waals surface area contributed by atoms with Gasteiger partial charge in [0.1, 0.15) is 0 Å². The molecule has 5 nitrogen and oxygen atoms in total. The third-order valence-electron chi connectivity index (χ3n) is 4.16. The van der Waals surface area contributed by atoms with Crippen LogP contribution in [0.1, 0.15) is 44.6 Å². The predicted octanol–water partition coefficient (Wildman–Crippen LogP) is 3.79. The number of amides is 1. The van der Waals surface area contributed by atoms with Gasteiger partial charge in [-0.05, 0) is 43.5 Å². The summed E-state index contributed by atoms with van der Waals surface area (Å²) < 4.78 is 0. The molecule has 0 aliphatic heterocycles. The van der Waals surface area contributed by atoms with Gasteiger partial charge in [0.25, 0.3) is 5.69 Å². The summed E-state index contributed by atoms with van der Waals surface area (Å²) in [6.45, 7) is 2.72. The standard InChI is InChI=1S/C17H22N2O3/c1-2-18(15-6-4-3-5-7-15)17(20)13-10-14-8-11-16(12-9-14)19(21)22/h8-13,15H,2-7H2,1H3/b13-10+. The van der Waals surface area contributed by atoms with Crippen molar-refractivity contribution < 1.29 is 9.72 Å². The molecule has 0 aromatic heterocycles. The topological polar surface area (TPSA) is 63.5 Å². The zero-order valence-corrected chi connectivity index (χ0v) is 12.9. The van der Waals surface area contributed by atoms with E-state index >= 15 is 0 Å². The van der Waals surface area contributed by atoms with Crippen LogP contribution >= 0.6 is 0 Å². The molecule has 0 spiro atoms. The molecule has 1 amide bonds. The van der Waals surface area contributed by atoms with E-state index in [1.807, 2.05) is 11.8 Å². The molecule has 1 aliphatic rings. The maximum Gasteiger partial charge on any atom is 0.269 e. The molecular weight excluding hydrogens is 280 g/mol. The summed E-state index contributed by atoms with van der Waals surface area (Å²) in [4.78, 5) is 24.5. The number of likely N-dealkylation sites (N-methyl/N-ethyl adjacent to an activating group) is 1. The molecule has 0 atom stereocenters. The minimum Gasteiger partial charge on any atom is -0.336 e. The number of rotatable bonds is 5. The Bertz CT molecular complexity index is 546. The quantitative estimate of drug-likeness (QED) is 0.472.